The van der Waals surface area contributed by atoms with Crippen LogP contribution in [0.1, 0.15) is 17.3 Å². The highest BCUT2D eigenvalue weighted by Crippen LogP contribution is 2.30. The van der Waals surface area contributed by atoms with Gasteiger partial charge in [-0.25, -0.2) is 0 Å². The summed E-state index contributed by atoms with van der Waals surface area (Å²) in [5.74, 6) is -0.367. The van der Waals surface area contributed by atoms with E-state index in [0.29, 0.717) is 24.9 Å². The monoisotopic (exact) mass is 370 g/mol. The highest BCUT2D eigenvalue weighted by atomic mass is 16.6. The summed E-state index contributed by atoms with van der Waals surface area (Å²) in [5, 5.41) is 16.9. The van der Waals surface area contributed by atoms with E-state index in [1.54, 1.807) is 12.1 Å². The minimum Gasteiger partial charge on any atom is -0.377 e. The zero-order valence-electron chi connectivity index (χ0n) is 15.3. The highest BCUT2D eigenvalue weighted by molar-refractivity contribution is 5.95. The molecular formula is C19H22N4O4. The Hall–Kier alpha value is -3.13. The molecule has 0 aromatic heterocycles. The van der Waals surface area contributed by atoms with Crippen molar-refractivity contribution < 1.29 is 14.5 Å². The third kappa shape index (κ3) is 4.17. The standard InChI is InChI=1S/C19H22N4O4/c1-13-12-27-10-9-22(13)16-6-4-15(5-7-16)21-17-8-3-14(19(24)20-2)11-18(17)23(25)26/h3-8,11,13,21H,9-10,12H2,1-2H3,(H,20,24). The van der Waals surface area contributed by atoms with Crippen LogP contribution in [-0.4, -0.2) is 43.7 Å². The molecular weight excluding hydrogens is 348 g/mol. The first-order chi connectivity index (χ1) is 13.0. The molecule has 142 valence electrons. The molecule has 0 bridgehead atoms. The van der Waals surface area contributed by atoms with Crippen LogP contribution in [-0.2, 0) is 4.74 Å². The maximum atomic E-state index is 11.7. The van der Waals surface area contributed by atoms with Gasteiger partial charge in [0.1, 0.15) is 5.69 Å². The van der Waals surface area contributed by atoms with Crippen molar-refractivity contribution in [3.63, 3.8) is 0 Å². The summed E-state index contributed by atoms with van der Waals surface area (Å²) in [7, 11) is 1.48. The summed E-state index contributed by atoms with van der Waals surface area (Å²) >= 11 is 0. The Morgan fingerprint density at radius 2 is 2.00 bits per heavy atom. The quantitative estimate of drug-likeness (QED) is 0.620. The zero-order valence-corrected chi connectivity index (χ0v) is 15.3. The predicted molar refractivity (Wildman–Crippen MR) is 104 cm³/mol. The summed E-state index contributed by atoms with van der Waals surface area (Å²) < 4.78 is 5.46. The second kappa shape index (κ2) is 8.05. The summed E-state index contributed by atoms with van der Waals surface area (Å²) in [6, 6.07) is 12.4. The number of nitrogens with one attached hydrogen (secondary N) is 2. The fourth-order valence-corrected chi connectivity index (χ4v) is 3.08. The number of nitrogens with zero attached hydrogens (tertiary/aromatic N) is 2. The van der Waals surface area contributed by atoms with Crippen molar-refractivity contribution in [2.45, 2.75) is 13.0 Å². The molecule has 0 radical (unpaired) electrons. The average Bonchev–Trinajstić information content (AvgIpc) is 2.68. The van der Waals surface area contributed by atoms with Gasteiger partial charge in [-0.2, -0.15) is 0 Å². The fraction of sp³-hybridized carbons (Fsp3) is 0.316. The average molecular weight is 370 g/mol. The minimum absolute atomic E-state index is 0.151. The van der Waals surface area contributed by atoms with Gasteiger partial charge in [-0.3, -0.25) is 14.9 Å². The molecule has 2 aromatic rings. The van der Waals surface area contributed by atoms with Crippen LogP contribution in [0.2, 0.25) is 0 Å². The van der Waals surface area contributed by atoms with Crippen molar-refractivity contribution in [2.24, 2.45) is 0 Å². The molecule has 8 nitrogen and oxygen atoms in total. The zero-order chi connectivity index (χ0) is 19.4. The van der Waals surface area contributed by atoms with Crippen molar-refractivity contribution in [1.82, 2.24) is 5.32 Å². The number of hydrogen-bond acceptors (Lipinski definition) is 6. The number of ether oxygens (including phenoxy) is 1. The summed E-state index contributed by atoms with van der Waals surface area (Å²) in [6.45, 7) is 4.35. The Balaban J connectivity index is 1.80. The lowest BCUT2D eigenvalue weighted by Gasteiger charge is -2.35. The first-order valence-corrected chi connectivity index (χ1v) is 8.71. The van der Waals surface area contributed by atoms with Crippen LogP contribution in [0.3, 0.4) is 0 Å². The van der Waals surface area contributed by atoms with E-state index in [2.05, 4.69) is 22.5 Å². The molecule has 0 spiro atoms. The Bertz CT molecular complexity index is 838. The molecule has 0 aliphatic carbocycles. The molecule has 3 rings (SSSR count). The van der Waals surface area contributed by atoms with Gasteiger partial charge >= 0.3 is 0 Å². The number of hydrogen-bond donors (Lipinski definition) is 2. The number of benzene rings is 2. The molecule has 8 heteroatoms. The molecule has 1 amide bonds. The molecule has 1 aliphatic rings. The third-order valence-electron chi connectivity index (χ3n) is 4.53. The molecule has 2 aromatic carbocycles. The largest absolute Gasteiger partial charge is 0.377 e. The van der Waals surface area contributed by atoms with E-state index >= 15 is 0 Å². The maximum absolute atomic E-state index is 11.7. The van der Waals surface area contributed by atoms with E-state index in [0.717, 1.165) is 17.9 Å². The lowest BCUT2D eigenvalue weighted by Crippen LogP contribution is -2.43. The van der Waals surface area contributed by atoms with Gasteiger partial charge in [0, 0.05) is 42.6 Å². The molecule has 1 fully saturated rings. The number of carbonyl (C=O) groups is 1. The minimum atomic E-state index is -0.501. The van der Waals surface area contributed by atoms with Crippen LogP contribution >= 0.6 is 0 Å². The van der Waals surface area contributed by atoms with Gasteiger partial charge in [0.05, 0.1) is 18.1 Å². The lowest BCUT2D eigenvalue weighted by molar-refractivity contribution is -0.383. The van der Waals surface area contributed by atoms with Gasteiger partial charge in [-0.1, -0.05) is 0 Å². The number of morpholine rings is 1. The van der Waals surface area contributed by atoms with Gasteiger partial charge in [-0.05, 0) is 43.3 Å². The van der Waals surface area contributed by atoms with Crippen LogP contribution in [0.4, 0.5) is 22.7 Å². The van der Waals surface area contributed by atoms with E-state index < -0.39 is 4.92 Å². The predicted octanol–water partition coefficient (Wildman–Crippen LogP) is 2.92. The summed E-state index contributed by atoms with van der Waals surface area (Å²) in [4.78, 5) is 24.9. The van der Waals surface area contributed by atoms with Gasteiger partial charge < -0.3 is 20.3 Å². The fourth-order valence-electron chi connectivity index (χ4n) is 3.08. The first kappa shape index (κ1) is 18.7. The highest BCUT2D eigenvalue weighted by Gasteiger charge is 2.20. The maximum Gasteiger partial charge on any atom is 0.293 e. The van der Waals surface area contributed by atoms with Crippen molar-refractivity contribution >= 4 is 28.7 Å². The van der Waals surface area contributed by atoms with Crippen LogP contribution < -0.4 is 15.5 Å². The lowest BCUT2D eigenvalue weighted by atomic mass is 10.1. The first-order valence-electron chi connectivity index (χ1n) is 8.71. The van der Waals surface area contributed by atoms with Crippen LogP contribution in [0.5, 0.6) is 0 Å². The smallest absolute Gasteiger partial charge is 0.293 e. The number of nitro benzene ring substituents is 1. The molecule has 1 unspecified atom stereocenters. The normalized spacial score (nSPS) is 16.7. The molecule has 1 atom stereocenters. The topological polar surface area (TPSA) is 96.7 Å². The van der Waals surface area contributed by atoms with Crippen LogP contribution in [0.15, 0.2) is 42.5 Å². The third-order valence-corrected chi connectivity index (χ3v) is 4.53. The summed E-state index contributed by atoms with van der Waals surface area (Å²) in [6.07, 6.45) is 0. The van der Waals surface area contributed by atoms with E-state index in [4.69, 9.17) is 4.74 Å². The second-order valence-corrected chi connectivity index (χ2v) is 6.36. The molecule has 27 heavy (non-hydrogen) atoms. The number of carbonyl (C=O) groups excluding carboxylic acids is 1. The van der Waals surface area contributed by atoms with Crippen molar-refractivity contribution in [2.75, 3.05) is 37.0 Å². The molecule has 2 N–H and O–H groups in total. The van der Waals surface area contributed by atoms with E-state index in [1.165, 1.54) is 13.1 Å². The van der Waals surface area contributed by atoms with Gasteiger partial charge in [0.15, 0.2) is 0 Å². The van der Waals surface area contributed by atoms with Crippen molar-refractivity contribution in [3.05, 3.63) is 58.1 Å². The molecule has 1 aliphatic heterocycles. The second-order valence-electron chi connectivity index (χ2n) is 6.36. The Labute approximate surface area is 157 Å². The molecule has 0 saturated carbocycles. The number of nitro groups is 1. The van der Waals surface area contributed by atoms with Crippen molar-refractivity contribution in [1.29, 1.82) is 0 Å². The molecule has 1 heterocycles. The number of rotatable bonds is 5. The van der Waals surface area contributed by atoms with Crippen molar-refractivity contribution in [3.8, 4) is 0 Å². The van der Waals surface area contributed by atoms with E-state index in [-0.39, 0.29) is 17.2 Å². The van der Waals surface area contributed by atoms with Crippen LogP contribution in [0.25, 0.3) is 0 Å². The Morgan fingerprint density at radius 1 is 1.26 bits per heavy atom. The van der Waals surface area contributed by atoms with Gasteiger partial charge in [0.2, 0.25) is 0 Å². The number of amides is 1. The van der Waals surface area contributed by atoms with Gasteiger partial charge in [0.25, 0.3) is 11.6 Å². The molecule has 1 saturated heterocycles. The van der Waals surface area contributed by atoms with E-state index in [1.807, 2.05) is 24.3 Å². The Morgan fingerprint density at radius 3 is 2.63 bits per heavy atom. The van der Waals surface area contributed by atoms with E-state index in [9.17, 15) is 14.9 Å². The van der Waals surface area contributed by atoms with Crippen LogP contribution in [0, 0.1) is 10.1 Å². The SMILES string of the molecule is CNC(=O)c1ccc(Nc2ccc(N3CCOCC3C)cc2)c([N+](=O)[O-])c1. The Kier molecular flexibility index (Phi) is 5.56. The summed E-state index contributed by atoms with van der Waals surface area (Å²) in [5.41, 5.74) is 2.24. The number of anilines is 3. The van der Waals surface area contributed by atoms with Gasteiger partial charge in [-0.15, -0.1) is 0 Å².